The van der Waals surface area contributed by atoms with E-state index in [1.54, 1.807) is 81.4 Å². The van der Waals surface area contributed by atoms with E-state index >= 15 is 0 Å². The molecule has 0 radical (unpaired) electrons. The number of hydrogen-bond donors (Lipinski definition) is 0. The van der Waals surface area contributed by atoms with E-state index in [2.05, 4.69) is 0 Å². The summed E-state index contributed by atoms with van der Waals surface area (Å²) in [5.74, 6) is -2.19. The van der Waals surface area contributed by atoms with Crippen LogP contribution in [-0.2, 0) is 29.3 Å². The molecule has 0 fully saturated rings. The highest BCUT2D eigenvalue weighted by Crippen LogP contribution is 2.41. The van der Waals surface area contributed by atoms with Crippen molar-refractivity contribution in [2.24, 2.45) is 0 Å². The number of esters is 2. The molecule has 0 aliphatic carbocycles. The predicted octanol–water partition coefficient (Wildman–Crippen LogP) is 5.10. The molecule has 0 amide bonds. The van der Waals surface area contributed by atoms with E-state index in [9.17, 15) is 24.5 Å². The first-order valence-electron chi connectivity index (χ1n) is 11.8. The molecule has 0 unspecified atom stereocenters. The number of ether oxygens (including phenoxy) is 3. The first-order chi connectivity index (χ1) is 18.0. The molecule has 9 heteroatoms. The molecule has 0 aliphatic rings. The van der Waals surface area contributed by atoms with Gasteiger partial charge >= 0.3 is 11.9 Å². The molecule has 1 atom stereocenters. The molecule has 0 saturated carbocycles. The third-order valence-corrected chi connectivity index (χ3v) is 5.78. The monoisotopic (exact) mass is 519 g/mol. The maximum absolute atomic E-state index is 14.2. The molecule has 0 saturated heterocycles. The van der Waals surface area contributed by atoms with Crippen LogP contribution in [0.4, 0.5) is 5.69 Å². The minimum absolute atomic E-state index is 0.139. The number of benzene rings is 3. The molecular weight excluding hydrogens is 490 g/mol. The first-order valence-corrected chi connectivity index (χ1v) is 11.8. The summed E-state index contributed by atoms with van der Waals surface area (Å²) >= 11 is 0. The molecule has 0 aromatic heterocycles. The van der Waals surface area contributed by atoms with E-state index in [0.717, 1.165) is 6.07 Å². The van der Waals surface area contributed by atoms with Crippen molar-refractivity contribution >= 4 is 23.9 Å². The average molecular weight is 520 g/mol. The molecule has 9 nitrogen and oxygen atoms in total. The summed E-state index contributed by atoms with van der Waals surface area (Å²) in [6.07, 6.45) is -1.40. The number of nitrogens with zero attached hydrogens (tertiary/aromatic N) is 1. The van der Waals surface area contributed by atoms with Crippen molar-refractivity contribution in [3.05, 3.63) is 106 Å². The van der Waals surface area contributed by atoms with Gasteiger partial charge < -0.3 is 19.0 Å². The Balaban J connectivity index is 2.28. The first kappa shape index (κ1) is 28.0. The lowest BCUT2D eigenvalue weighted by atomic mass is 9.76. The van der Waals surface area contributed by atoms with Crippen molar-refractivity contribution in [1.29, 1.82) is 0 Å². The lowest BCUT2D eigenvalue weighted by Crippen LogP contribution is -2.49. The van der Waals surface area contributed by atoms with E-state index in [1.807, 2.05) is 0 Å². The summed E-state index contributed by atoms with van der Waals surface area (Å²) in [4.78, 5) is 51.3. The fourth-order valence-corrected chi connectivity index (χ4v) is 4.01. The Morgan fingerprint density at radius 1 is 0.921 bits per heavy atom. The maximum Gasteiger partial charge on any atom is 0.329 e. The predicted molar refractivity (Wildman–Crippen MR) is 139 cm³/mol. The van der Waals surface area contributed by atoms with E-state index < -0.39 is 46.1 Å². The Labute approximate surface area is 220 Å². The standard InChI is InChI=1S/C29H29NO8/c1-28(2,3)38-27(33)29(17-18-31,23-19-22(36-4)15-16-24(23)30(34)35)26(32)37-25(20-11-7-5-8-12-20)21-13-9-6-10-14-21/h5-16,18-19,25H,17H2,1-4H3/t29-/m1/s1. The number of nitro groups is 1. The molecule has 0 spiro atoms. The van der Waals surface area contributed by atoms with Gasteiger partial charge in [-0.3, -0.25) is 19.7 Å². The summed E-state index contributed by atoms with van der Waals surface area (Å²) in [6, 6.07) is 21.2. The van der Waals surface area contributed by atoms with Crippen LogP contribution in [0.5, 0.6) is 5.75 Å². The zero-order valence-corrected chi connectivity index (χ0v) is 21.6. The number of rotatable bonds is 10. The quantitative estimate of drug-likeness (QED) is 0.119. The number of carbonyl (C=O) groups is 3. The third-order valence-electron chi connectivity index (χ3n) is 5.78. The molecule has 3 aromatic carbocycles. The van der Waals surface area contributed by atoms with Crippen LogP contribution in [0.15, 0.2) is 78.9 Å². The van der Waals surface area contributed by atoms with Crippen LogP contribution in [0.25, 0.3) is 0 Å². The van der Waals surface area contributed by atoms with Crippen LogP contribution in [0, 0.1) is 10.1 Å². The van der Waals surface area contributed by atoms with Crippen molar-refractivity contribution in [1.82, 2.24) is 0 Å². The summed E-state index contributed by atoms with van der Waals surface area (Å²) in [6.45, 7) is 4.75. The molecular formula is C29H29NO8. The molecule has 0 aliphatic heterocycles. The molecule has 3 rings (SSSR count). The number of nitro benzene ring substituents is 1. The van der Waals surface area contributed by atoms with Crippen LogP contribution >= 0.6 is 0 Å². The molecule has 198 valence electrons. The maximum atomic E-state index is 14.2. The Bertz CT molecular complexity index is 1260. The van der Waals surface area contributed by atoms with Gasteiger partial charge in [-0.15, -0.1) is 0 Å². The van der Waals surface area contributed by atoms with E-state index in [0.29, 0.717) is 17.4 Å². The van der Waals surface area contributed by atoms with Gasteiger partial charge in [0.1, 0.15) is 17.6 Å². The topological polar surface area (TPSA) is 122 Å². The second kappa shape index (κ2) is 11.7. The van der Waals surface area contributed by atoms with Gasteiger partial charge in [0.15, 0.2) is 6.10 Å². The van der Waals surface area contributed by atoms with Gasteiger partial charge in [0.2, 0.25) is 5.41 Å². The van der Waals surface area contributed by atoms with Crippen LogP contribution in [-0.4, -0.2) is 35.9 Å². The van der Waals surface area contributed by atoms with Gasteiger partial charge in [-0.05, 0) is 44.0 Å². The summed E-state index contributed by atoms with van der Waals surface area (Å²) in [5, 5.41) is 12.0. The zero-order chi connectivity index (χ0) is 27.9. The van der Waals surface area contributed by atoms with Gasteiger partial charge in [-0.1, -0.05) is 60.7 Å². The highest BCUT2D eigenvalue weighted by molar-refractivity contribution is 6.09. The van der Waals surface area contributed by atoms with Gasteiger partial charge in [0.05, 0.1) is 17.6 Å². The average Bonchev–Trinajstić information content (AvgIpc) is 2.89. The Morgan fingerprint density at radius 2 is 1.47 bits per heavy atom. The Morgan fingerprint density at radius 3 is 1.92 bits per heavy atom. The normalized spacial score (nSPS) is 12.8. The second-order valence-corrected chi connectivity index (χ2v) is 9.52. The van der Waals surface area contributed by atoms with Crippen molar-refractivity contribution in [2.75, 3.05) is 7.11 Å². The van der Waals surface area contributed by atoms with Crippen LogP contribution in [0.3, 0.4) is 0 Å². The zero-order valence-electron chi connectivity index (χ0n) is 21.6. The lowest BCUT2D eigenvalue weighted by molar-refractivity contribution is -0.386. The highest BCUT2D eigenvalue weighted by atomic mass is 16.6. The van der Waals surface area contributed by atoms with Crippen LogP contribution < -0.4 is 4.74 Å². The van der Waals surface area contributed by atoms with Crippen molar-refractivity contribution in [3.8, 4) is 5.75 Å². The molecule has 0 bridgehead atoms. The van der Waals surface area contributed by atoms with Gasteiger partial charge in [-0.25, -0.2) is 0 Å². The van der Waals surface area contributed by atoms with Crippen molar-refractivity contribution in [2.45, 2.75) is 44.3 Å². The van der Waals surface area contributed by atoms with Gasteiger partial charge in [0.25, 0.3) is 5.69 Å². The minimum atomic E-state index is -2.49. The Kier molecular flexibility index (Phi) is 8.62. The molecule has 0 heterocycles. The number of methoxy groups -OCH3 is 1. The summed E-state index contributed by atoms with van der Waals surface area (Å²) in [7, 11) is 1.33. The molecule has 3 aromatic rings. The smallest absolute Gasteiger partial charge is 0.329 e. The van der Waals surface area contributed by atoms with Crippen LogP contribution in [0.1, 0.15) is 50.0 Å². The Hall–Kier alpha value is -4.53. The molecule has 0 N–H and O–H groups in total. The van der Waals surface area contributed by atoms with E-state index in [1.165, 1.54) is 19.2 Å². The third kappa shape index (κ3) is 6.05. The van der Waals surface area contributed by atoms with E-state index in [-0.39, 0.29) is 11.3 Å². The highest BCUT2D eigenvalue weighted by Gasteiger charge is 2.55. The number of aldehydes is 1. The largest absolute Gasteiger partial charge is 0.497 e. The SMILES string of the molecule is COc1ccc([N+](=O)[O-])c([C@](CC=O)(C(=O)OC(c2ccccc2)c2ccccc2)C(=O)OC(C)(C)C)c1. The second-order valence-electron chi connectivity index (χ2n) is 9.52. The van der Waals surface area contributed by atoms with Crippen molar-refractivity contribution in [3.63, 3.8) is 0 Å². The number of carbonyl (C=O) groups excluding carboxylic acids is 3. The van der Waals surface area contributed by atoms with Crippen molar-refractivity contribution < 1.29 is 33.5 Å². The lowest BCUT2D eigenvalue weighted by Gasteiger charge is -2.33. The van der Waals surface area contributed by atoms with Gasteiger partial charge in [0, 0.05) is 12.5 Å². The summed E-state index contributed by atoms with van der Waals surface area (Å²) in [5.41, 5.74) is -3.32. The van der Waals surface area contributed by atoms with E-state index in [4.69, 9.17) is 14.2 Å². The summed E-state index contributed by atoms with van der Waals surface area (Å²) < 4.78 is 16.8. The number of hydrogen-bond acceptors (Lipinski definition) is 8. The van der Waals surface area contributed by atoms with Crippen LogP contribution in [0.2, 0.25) is 0 Å². The molecule has 38 heavy (non-hydrogen) atoms. The fraction of sp³-hybridized carbons (Fsp3) is 0.276. The van der Waals surface area contributed by atoms with Gasteiger partial charge in [-0.2, -0.15) is 0 Å². The fourth-order valence-electron chi connectivity index (χ4n) is 4.01. The minimum Gasteiger partial charge on any atom is -0.497 e.